The van der Waals surface area contributed by atoms with Crippen molar-refractivity contribution < 1.29 is 18.7 Å². The summed E-state index contributed by atoms with van der Waals surface area (Å²) in [5, 5.41) is 0.124. The summed E-state index contributed by atoms with van der Waals surface area (Å²) in [4.78, 5) is 32.3. The van der Waals surface area contributed by atoms with Crippen LogP contribution in [0.2, 0.25) is 0 Å². The molecule has 0 spiro atoms. The average molecular weight is 415 g/mol. The lowest BCUT2D eigenvalue weighted by atomic mass is 10.2. The maximum atomic E-state index is 13.0. The van der Waals surface area contributed by atoms with Gasteiger partial charge in [-0.25, -0.2) is 9.37 Å². The topological polar surface area (TPSA) is 62.7 Å². The number of pyridine rings is 1. The SMILES string of the molecule is CN1CCC(SC2CC(=O)N(Cc3ccc(Oc4ccc(F)cc4)nc3)C2)C1=O. The van der Waals surface area contributed by atoms with Crippen LogP contribution in [-0.2, 0) is 16.1 Å². The Hall–Kier alpha value is -2.61. The molecule has 2 unspecified atom stereocenters. The highest BCUT2D eigenvalue weighted by Crippen LogP contribution is 2.33. The molecule has 0 saturated carbocycles. The molecular formula is C21H22FN3O3S. The van der Waals surface area contributed by atoms with Crippen LogP contribution in [0.1, 0.15) is 18.4 Å². The summed E-state index contributed by atoms with van der Waals surface area (Å²) in [5.74, 6) is 0.866. The molecule has 2 atom stereocenters. The Labute approximate surface area is 173 Å². The zero-order valence-corrected chi connectivity index (χ0v) is 16.9. The first kappa shape index (κ1) is 19.7. The van der Waals surface area contributed by atoms with Crippen LogP contribution in [0, 0.1) is 5.82 Å². The standard InChI is InChI=1S/C21H22FN3O3S/c1-24-9-8-18(21(24)27)29-17-10-20(26)25(13-17)12-14-2-7-19(23-11-14)28-16-5-3-15(22)4-6-16/h2-7,11,17-18H,8-10,12-13H2,1H3. The lowest BCUT2D eigenvalue weighted by Gasteiger charge is -2.18. The van der Waals surface area contributed by atoms with Crippen molar-refractivity contribution in [2.24, 2.45) is 0 Å². The zero-order valence-electron chi connectivity index (χ0n) is 16.1. The fourth-order valence-corrected chi connectivity index (χ4v) is 5.04. The summed E-state index contributed by atoms with van der Waals surface area (Å²) in [7, 11) is 1.82. The molecule has 2 amide bonds. The Morgan fingerprint density at radius 2 is 2.00 bits per heavy atom. The van der Waals surface area contributed by atoms with E-state index in [0.29, 0.717) is 31.1 Å². The first-order chi connectivity index (χ1) is 14.0. The van der Waals surface area contributed by atoms with Crippen LogP contribution in [-0.4, -0.2) is 57.2 Å². The predicted molar refractivity (Wildman–Crippen MR) is 108 cm³/mol. The number of hydrogen-bond donors (Lipinski definition) is 0. The molecule has 2 aliphatic heterocycles. The Bertz CT molecular complexity index is 891. The van der Waals surface area contributed by atoms with E-state index >= 15 is 0 Å². The molecule has 0 N–H and O–H groups in total. The molecule has 2 fully saturated rings. The highest BCUT2D eigenvalue weighted by atomic mass is 32.2. The molecule has 4 rings (SSSR count). The smallest absolute Gasteiger partial charge is 0.235 e. The minimum absolute atomic E-state index is 0.0256. The van der Waals surface area contributed by atoms with Crippen LogP contribution >= 0.6 is 11.8 Å². The molecule has 0 aliphatic carbocycles. The summed E-state index contributed by atoms with van der Waals surface area (Å²) in [6.45, 7) is 1.92. The van der Waals surface area contributed by atoms with Crippen molar-refractivity contribution in [2.75, 3.05) is 20.1 Å². The number of thioether (sulfide) groups is 1. The maximum Gasteiger partial charge on any atom is 0.235 e. The third kappa shape index (κ3) is 4.70. The normalized spacial score (nSPS) is 21.9. The molecule has 29 heavy (non-hydrogen) atoms. The van der Waals surface area contributed by atoms with Crippen molar-refractivity contribution in [3.05, 3.63) is 54.0 Å². The van der Waals surface area contributed by atoms with Crippen LogP contribution in [0.25, 0.3) is 0 Å². The third-order valence-corrected chi connectivity index (χ3v) is 6.59. The van der Waals surface area contributed by atoms with E-state index in [4.69, 9.17) is 4.74 Å². The maximum absolute atomic E-state index is 13.0. The van der Waals surface area contributed by atoms with E-state index in [9.17, 15) is 14.0 Å². The molecule has 152 valence electrons. The average Bonchev–Trinajstić information content (AvgIpc) is 3.21. The number of nitrogens with zero attached hydrogens (tertiary/aromatic N) is 3. The van der Waals surface area contributed by atoms with Crippen LogP contribution < -0.4 is 4.74 Å². The molecule has 2 aromatic rings. The predicted octanol–water partition coefficient (Wildman–Crippen LogP) is 3.08. The number of halogens is 1. The molecule has 3 heterocycles. The number of likely N-dealkylation sites (tertiary alicyclic amines) is 2. The molecule has 6 nitrogen and oxygen atoms in total. The highest BCUT2D eigenvalue weighted by Gasteiger charge is 2.36. The number of benzene rings is 1. The Kier molecular flexibility index (Phi) is 5.71. The van der Waals surface area contributed by atoms with Crippen molar-refractivity contribution >= 4 is 23.6 Å². The van der Waals surface area contributed by atoms with Gasteiger partial charge >= 0.3 is 0 Å². The highest BCUT2D eigenvalue weighted by molar-refractivity contribution is 8.01. The number of carbonyl (C=O) groups excluding carboxylic acids is 2. The van der Waals surface area contributed by atoms with Gasteiger partial charge in [-0.05, 0) is 36.2 Å². The number of amides is 2. The zero-order chi connectivity index (χ0) is 20.4. The second-order valence-electron chi connectivity index (χ2n) is 7.33. The van der Waals surface area contributed by atoms with Crippen LogP contribution in [0.5, 0.6) is 11.6 Å². The van der Waals surface area contributed by atoms with Gasteiger partial charge in [-0.3, -0.25) is 9.59 Å². The number of ether oxygens (including phenoxy) is 1. The van der Waals surface area contributed by atoms with Gasteiger partial charge in [0.25, 0.3) is 0 Å². The molecule has 2 aliphatic rings. The molecule has 1 aromatic heterocycles. The van der Waals surface area contributed by atoms with Gasteiger partial charge in [0.1, 0.15) is 11.6 Å². The monoisotopic (exact) mass is 415 g/mol. The summed E-state index contributed by atoms with van der Waals surface area (Å²) in [6, 6.07) is 9.34. The first-order valence-corrected chi connectivity index (χ1v) is 10.5. The van der Waals surface area contributed by atoms with Gasteiger partial charge in [-0.1, -0.05) is 6.07 Å². The summed E-state index contributed by atoms with van der Waals surface area (Å²) < 4.78 is 18.5. The molecule has 0 radical (unpaired) electrons. The Morgan fingerprint density at radius 3 is 2.66 bits per heavy atom. The molecule has 8 heteroatoms. The van der Waals surface area contributed by atoms with Gasteiger partial charge < -0.3 is 14.5 Å². The van der Waals surface area contributed by atoms with Gasteiger partial charge in [-0.15, -0.1) is 11.8 Å². The fourth-order valence-electron chi connectivity index (χ4n) is 3.54. The second kappa shape index (κ2) is 8.41. The van der Waals surface area contributed by atoms with E-state index in [1.165, 1.54) is 12.1 Å². The van der Waals surface area contributed by atoms with Crippen molar-refractivity contribution in [1.82, 2.24) is 14.8 Å². The van der Waals surface area contributed by atoms with E-state index in [0.717, 1.165) is 18.5 Å². The minimum Gasteiger partial charge on any atom is -0.439 e. The number of carbonyl (C=O) groups is 2. The van der Waals surface area contributed by atoms with Crippen molar-refractivity contribution in [2.45, 2.75) is 29.9 Å². The quantitative estimate of drug-likeness (QED) is 0.726. The van der Waals surface area contributed by atoms with Crippen LogP contribution in [0.3, 0.4) is 0 Å². The lowest BCUT2D eigenvalue weighted by molar-refractivity contribution is -0.128. The van der Waals surface area contributed by atoms with Gasteiger partial charge in [0.15, 0.2) is 0 Å². The van der Waals surface area contributed by atoms with E-state index in [2.05, 4.69) is 4.98 Å². The van der Waals surface area contributed by atoms with Crippen LogP contribution in [0.15, 0.2) is 42.6 Å². The summed E-state index contributed by atoms with van der Waals surface area (Å²) in [5.41, 5.74) is 0.909. The van der Waals surface area contributed by atoms with Crippen molar-refractivity contribution in [3.8, 4) is 11.6 Å². The molecule has 1 aromatic carbocycles. The van der Waals surface area contributed by atoms with E-state index in [1.807, 2.05) is 18.0 Å². The number of hydrogen-bond acceptors (Lipinski definition) is 5. The first-order valence-electron chi connectivity index (χ1n) is 9.54. The largest absolute Gasteiger partial charge is 0.439 e. The van der Waals surface area contributed by atoms with E-state index in [1.54, 1.807) is 41.1 Å². The number of aromatic nitrogens is 1. The van der Waals surface area contributed by atoms with Crippen molar-refractivity contribution in [1.29, 1.82) is 0 Å². The van der Waals surface area contributed by atoms with Gasteiger partial charge in [0.05, 0.1) is 5.25 Å². The minimum atomic E-state index is -0.322. The second-order valence-corrected chi connectivity index (χ2v) is 8.84. The molecular weight excluding hydrogens is 393 g/mol. The van der Waals surface area contributed by atoms with E-state index < -0.39 is 0 Å². The van der Waals surface area contributed by atoms with Gasteiger partial charge in [0.2, 0.25) is 17.7 Å². The van der Waals surface area contributed by atoms with Crippen molar-refractivity contribution in [3.63, 3.8) is 0 Å². The van der Waals surface area contributed by atoms with Crippen LogP contribution in [0.4, 0.5) is 4.39 Å². The fraction of sp³-hybridized carbons (Fsp3) is 0.381. The Balaban J connectivity index is 1.31. The number of rotatable bonds is 6. The lowest BCUT2D eigenvalue weighted by Crippen LogP contribution is -2.27. The summed E-state index contributed by atoms with van der Waals surface area (Å²) >= 11 is 1.63. The molecule has 2 saturated heterocycles. The van der Waals surface area contributed by atoms with Gasteiger partial charge in [-0.2, -0.15) is 0 Å². The molecule has 0 bridgehead atoms. The Morgan fingerprint density at radius 1 is 1.21 bits per heavy atom. The van der Waals surface area contributed by atoms with E-state index in [-0.39, 0.29) is 28.1 Å². The summed E-state index contributed by atoms with van der Waals surface area (Å²) in [6.07, 6.45) is 3.00. The third-order valence-electron chi connectivity index (χ3n) is 5.12. The van der Waals surface area contributed by atoms with Gasteiger partial charge in [0, 0.05) is 50.6 Å².